The number of benzene rings is 1. The van der Waals surface area contributed by atoms with E-state index in [2.05, 4.69) is 15.4 Å². The summed E-state index contributed by atoms with van der Waals surface area (Å²) >= 11 is 0. The molecule has 2 aromatic rings. The predicted molar refractivity (Wildman–Crippen MR) is 62.6 cm³/mol. The molecule has 2 N–H and O–H groups in total. The quantitative estimate of drug-likeness (QED) is 0.802. The molecule has 0 fully saturated rings. The van der Waals surface area contributed by atoms with Crippen LogP contribution in [0.1, 0.15) is 17.3 Å². The van der Waals surface area contributed by atoms with Crippen molar-refractivity contribution < 1.29 is 9.90 Å². The van der Waals surface area contributed by atoms with E-state index in [1.54, 1.807) is 23.1 Å². The fourth-order valence-corrected chi connectivity index (χ4v) is 1.68. The number of fused-ring (bicyclic) bond motifs is 1. The predicted octanol–water partition coefficient (Wildman–Crippen LogP) is 0.412. The summed E-state index contributed by atoms with van der Waals surface area (Å²) in [6.45, 7) is 2.75. The van der Waals surface area contributed by atoms with Crippen LogP contribution in [0.5, 0.6) is 0 Å². The van der Waals surface area contributed by atoms with Gasteiger partial charge < -0.3 is 10.0 Å². The van der Waals surface area contributed by atoms with Crippen LogP contribution < -0.4 is 0 Å². The molecule has 0 bridgehead atoms. The van der Waals surface area contributed by atoms with Crippen LogP contribution in [-0.4, -0.2) is 51.0 Å². The summed E-state index contributed by atoms with van der Waals surface area (Å²) in [7, 11) is 0. The van der Waals surface area contributed by atoms with Crippen molar-refractivity contribution in [3.8, 4) is 0 Å². The van der Waals surface area contributed by atoms with Gasteiger partial charge in [-0.05, 0) is 25.1 Å². The number of aliphatic hydroxyl groups excluding tert-OH is 1. The zero-order valence-electron chi connectivity index (χ0n) is 9.55. The average molecular weight is 234 g/mol. The van der Waals surface area contributed by atoms with Gasteiger partial charge in [0.2, 0.25) is 0 Å². The van der Waals surface area contributed by atoms with Gasteiger partial charge in [-0.25, -0.2) is 0 Å². The fraction of sp³-hybridized carbons (Fsp3) is 0.364. The van der Waals surface area contributed by atoms with E-state index in [0.29, 0.717) is 24.2 Å². The molecule has 0 aliphatic carbocycles. The zero-order valence-corrected chi connectivity index (χ0v) is 9.55. The van der Waals surface area contributed by atoms with E-state index in [9.17, 15) is 4.79 Å². The second-order valence-corrected chi connectivity index (χ2v) is 3.64. The van der Waals surface area contributed by atoms with Gasteiger partial charge in [0.1, 0.15) is 11.0 Å². The number of hydrogen-bond acceptors (Lipinski definition) is 4. The number of rotatable bonds is 4. The third-order valence-electron chi connectivity index (χ3n) is 2.60. The second-order valence-electron chi connectivity index (χ2n) is 3.64. The molecule has 0 aliphatic heterocycles. The van der Waals surface area contributed by atoms with Gasteiger partial charge in [-0.3, -0.25) is 4.79 Å². The van der Waals surface area contributed by atoms with Gasteiger partial charge in [-0.15, -0.1) is 0 Å². The number of hydrogen-bond donors (Lipinski definition) is 2. The number of likely N-dealkylation sites (N-methyl/N-ethyl adjacent to an activating group) is 1. The lowest BCUT2D eigenvalue weighted by atomic mass is 10.1. The van der Waals surface area contributed by atoms with Gasteiger partial charge in [-0.2, -0.15) is 15.4 Å². The van der Waals surface area contributed by atoms with Crippen molar-refractivity contribution in [1.82, 2.24) is 20.3 Å². The Morgan fingerprint density at radius 1 is 1.41 bits per heavy atom. The first kappa shape index (κ1) is 11.5. The minimum Gasteiger partial charge on any atom is -0.395 e. The van der Waals surface area contributed by atoms with Gasteiger partial charge in [0.25, 0.3) is 5.91 Å². The van der Waals surface area contributed by atoms with Crippen LogP contribution in [0.2, 0.25) is 0 Å². The molecule has 6 nitrogen and oxygen atoms in total. The molecular weight excluding hydrogens is 220 g/mol. The molecule has 0 aliphatic rings. The molecule has 1 aromatic carbocycles. The van der Waals surface area contributed by atoms with Crippen molar-refractivity contribution in [2.45, 2.75) is 6.92 Å². The molecule has 1 aromatic heterocycles. The molecule has 0 radical (unpaired) electrons. The van der Waals surface area contributed by atoms with Crippen molar-refractivity contribution in [3.63, 3.8) is 0 Å². The topological polar surface area (TPSA) is 82.1 Å². The lowest BCUT2D eigenvalue weighted by Gasteiger charge is -2.19. The SMILES string of the molecule is CCN(CCO)C(=O)c1ccc2n[nH]nc2c1. The number of nitrogens with zero attached hydrogens (tertiary/aromatic N) is 3. The summed E-state index contributed by atoms with van der Waals surface area (Å²) in [6.07, 6.45) is 0. The Hall–Kier alpha value is -1.95. The first-order valence-electron chi connectivity index (χ1n) is 5.47. The first-order valence-corrected chi connectivity index (χ1v) is 5.47. The van der Waals surface area contributed by atoms with Gasteiger partial charge in [0, 0.05) is 18.7 Å². The number of amides is 1. The zero-order chi connectivity index (χ0) is 12.3. The third kappa shape index (κ3) is 2.26. The van der Waals surface area contributed by atoms with Crippen molar-refractivity contribution in [1.29, 1.82) is 0 Å². The molecule has 0 atom stereocenters. The fourth-order valence-electron chi connectivity index (χ4n) is 1.68. The lowest BCUT2D eigenvalue weighted by molar-refractivity contribution is 0.0732. The van der Waals surface area contributed by atoms with E-state index < -0.39 is 0 Å². The highest BCUT2D eigenvalue weighted by molar-refractivity contribution is 5.97. The van der Waals surface area contributed by atoms with E-state index in [4.69, 9.17) is 5.11 Å². The Morgan fingerprint density at radius 2 is 2.18 bits per heavy atom. The lowest BCUT2D eigenvalue weighted by Crippen LogP contribution is -2.33. The molecule has 1 amide bonds. The highest BCUT2D eigenvalue weighted by Gasteiger charge is 2.14. The molecule has 0 unspecified atom stereocenters. The Labute approximate surface area is 98.2 Å². The summed E-state index contributed by atoms with van der Waals surface area (Å²) in [4.78, 5) is 13.7. The summed E-state index contributed by atoms with van der Waals surface area (Å²) in [5, 5.41) is 19.2. The molecule has 17 heavy (non-hydrogen) atoms. The van der Waals surface area contributed by atoms with Gasteiger partial charge in [0.15, 0.2) is 0 Å². The molecular formula is C11H14N4O2. The maximum Gasteiger partial charge on any atom is 0.254 e. The minimum absolute atomic E-state index is 0.0359. The number of aromatic nitrogens is 3. The van der Waals surface area contributed by atoms with Crippen LogP contribution in [0.4, 0.5) is 0 Å². The molecule has 6 heteroatoms. The van der Waals surface area contributed by atoms with Gasteiger partial charge in [0.05, 0.1) is 6.61 Å². The van der Waals surface area contributed by atoms with Crippen LogP contribution in [0, 0.1) is 0 Å². The highest BCUT2D eigenvalue weighted by Crippen LogP contribution is 2.12. The molecule has 1 heterocycles. The Morgan fingerprint density at radius 3 is 2.88 bits per heavy atom. The van der Waals surface area contributed by atoms with E-state index in [1.165, 1.54) is 0 Å². The Bertz CT molecular complexity index is 523. The molecule has 0 saturated carbocycles. The first-order chi connectivity index (χ1) is 8.26. The summed E-state index contributed by atoms with van der Waals surface area (Å²) < 4.78 is 0. The second kappa shape index (κ2) is 4.92. The summed E-state index contributed by atoms with van der Waals surface area (Å²) in [5.74, 6) is -0.105. The number of H-pyrrole nitrogens is 1. The van der Waals surface area contributed by atoms with E-state index in [-0.39, 0.29) is 12.5 Å². The van der Waals surface area contributed by atoms with Crippen molar-refractivity contribution in [3.05, 3.63) is 23.8 Å². The molecule has 0 saturated heterocycles. The highest BCUT2D eigenvalue weighted by atomic mass is 16.3. The monoisotopic (exact) mass is 234 g/mol. The Kier molecular flexibility index (Phi) is 3.34. The number of carbonyl (C=O) groups is 1. The smallest absolute Gasteiger partial charge is 0.254 e. The summed E-state index contributed by atoms with van der Waals surface area (Å²) in [6, 6.07) is 5.16. The van der Waals surface area contributed by atoms with Crippen LogP contribution in [0.15, 0.2) is 18.2 Å². The van der Waals surface area contributed by atoms with Gasteiger partial charge >= 0.3 is 0 Å². The standard InChI is InChI=1S/C11H14N4O2/c1-2-15(5-6-16)11(17)8-3-4-9-10(7-8)13-14-12-9/h3-4,7,16H,2,5-6H2,1H3,(H,12,13,14). The largest absolute Gasteiger partial charge is 0.395 e. The number of aromatic amines is 1. The van der Waals surface area contributed by atoms with Crippen LogP contribution in [0.3, 0.4) is 0 Å². The third-order valence-corrected chi connectivity index (χ3v) is 2.60. The summed E-state index contributed by atoms with van der Waals surface area (Å²) in [5.41, 5.74) is 1.95. The van der Waals surface area contributed by atoms with Crippen molar-refractivity contribution in [2.75, 3.05) is 19.7 Å². The minimum atomic E-state index is -0.105. The van der Waals surface area contributed by atoms with Crippen molar-refractivity contribution in [2.24, 2.45) is 0 Å². The van der Waals surface area contributed by atoms with E-state index in [1.807, 2.05) is 6.92 Å². The molecule has 90 valence electrons. The maximum absolute atomic E-state index is 12.1. The van der Waals surface area contributed by atoms with Crippen LogP contribution in [0.25, 0.3) is 11.0 Å². The van der Waals surface area contributed by atoms with Crippen molar-refractivity contribution >= 4 is 16.9 Å². The van der Waals surface area contributed by atoms with E-state index >= 15 is 0 Å². The maximum atomic E-state index is 12.1. The van der Waals surface area contributed by atoms with Crippen LogP contribution >= 0.6 is 0 Å². The number of carbonyl (C=O) groups excluding carboxylic acids is 1. The number of aliphatic hydroxyl groups is 1. The van der Waals surface area contributed by atoms with Crippen LogP contribution in [-0.2, 0) is 0 Å². The normalized spacial score (nSPS) is 10.7. The Balaban J connectivity index is 2.28. The van der Waals surface area contributed by atoms with E-state index in [0.717, 1.165) is 5.52 Å². The number of nitrogens with one attached hydrogen (secondary N) is 1. The van der Waals surface area contributed by atoms with Gasteiger partial charge in [-0.1, -0.05) is 0 Å². The average Bonchev–Trinajstić information content (AvgIpc) is 2.82. The molecule has 0 spiro atoms. The molecule has 2 rings (SSSR count).